The minimum absolute atomic E-state index is 0.0113. The van der Waals surface area contributed by atoms with Gasteiger partial charge in [0.15, 0.2) is 0 Å². The summed E-state index contributed by atoms with van der Waals surface area (Å²) in [5.41, 5.74) is 0. The number of esters is 1. The molecule has 1 fully saturated rings. The first kappa shape index (κ1) is 12.9. The molecular weight excluding hydrogens is 206 g/mol. The van der Waals surface area contributed by atoms with Crippen LogP contribution in [0.1, 0.15) is 13.3 Å². The van der Waals surface area contributed by atoms with Crippen molar-refractivity contribution in [1.82, 2.24) is 9.80 Å². The molecule has 0 N–H and O–H groups in total. The molecule has 1 saturated heterocycles. The van der Waals surface area contributed by atoms with Gasteiger partial charge in [-0.1, -0.05) is 0 Å². The van der Waals surface area contributed by atoms with Gasteiger partial charge in [-0.2, -0.15) is 5.26 Å². The molecule has 0 spiro atoms. The molecule has 1 unspecified atom stereocenters. The molecule has 0 radical (unpaired) electrons. The van der Waals surface area contributed by atoms with Crippen molar-refractivity contribution < 1.29 is 9.53 Å². The summed E-state index contributed by atoms with van der Waals surface area (Å²) in [7, 11) is 1.41. The van der Waals surface area contributed by atoms with Gasteiger partial charge in [-0.05, 0) is 6.92 Å². The zero-order chi connectivity index (χ0) is 12.0. The summed E-state index contributed by atoms with van der Waals surface area (Å²) in [6.07, 6.45) is 0.449. The Bertz CT molecular complexity index is 267. The zero-order valence-electron chi connectivity index (χ0n) is 9.98. The minimum atomic E-state index is -0.159. The molecule has 5 heteroatoms. The lowest BCUT2D eigenvalue weighted by Crippen LogP contribution is -2.49. The van der Waals surface area contributed by atoms with Crippen LogP contribution < -0.4 is 0 Å². The lowest BCUT2D eigenvalue weighted by molar-refractivity contribution is -0.141. The van der Waals surface area contributed by atoms with Gasteiger partial charge in [-0.3, -0.25) is 9.69 Å². The van der Waals surface area contributed by atoms with Crippen LogP contribution in [0.3, 0.4) is 0 Å². The van der Waals surface area contributed by atoms with E-state index in [1.54, 1.807) is 0 Å². The Morgan fingerprint density at radius 1 is 1.44 bits per heavy atom. The Morgan fingerprint density at radius 3 is 2.56 bits per heavy atom. The molecule has 0 aromatic heterocycles. The molecule has 16 heavy (non-hydrogen) atoms. The predicted octanol–water partition coefficient (Wildman–Crippen LogP) is 0.0792. The normalized spacial score (nSPS) is 20.1. The van der Waals surface area contributed by atoms with E-state index in [4.69, 9.17) is 5.26 Å². The van der Waals surface area contributed by atoms with Crippen LogP contribution in [0.2, 0.25) is 0 Å². The second-order valence-electron chi connectivity index (χ2n) is 4.01. The first-order chi connectivity index (χ1) is 7.67. The highest BCUT2D eigenvalue weighted by Crippen LogP contribution is 2.06. The number of nitriles is 1. The van der Waals surface area contributed by atoms with Gasteiger partial charge in [0.1, 0.15) is 0 Å². The first-order valence-electron chi connectivity index (χ1n) is 5.60. The van der Waals surface area contributed by atoms with E-state index in [0.29, 0.717) is 6.42 Å². The fourth-order valence-electron chi connectivity index (χ4n) is 1.81. The lowest BCUT2D eigenvalue weighted by Gasteiger charge is -2.35. The van der Waals surface area contributed by atoms with Crippen LogP contribution in [0.5, 0.6) is 0 Å². The molecule has 0 saturated carbocycles. The van der Waals surface area contributed by atoms with E-state index < -0.39 is 0 Å². The summed E-state index contributed by atoms with van der Waals surface area (Å²) >= 11 is 0. The van der Waals surface area contributed by atoms with Crippen molar-refractivity contribution in [2.24, 2.45) is 0 Å². The van der Waals surface area contributed by atoms with E-state index in [1.807, 2.05) is 6.92 Å². The fourth-order valence-corrected chi connectivity index (χ4v) is 1.81. The van der Waals surface area contributed by atoms with Crippen LogP contribution in [-0.2, 0) is 9.53 Å². The molecule has 1 atom stereocenters. The first-order valence-corrected chi connectivity index (χ1v) is 5.60. The van der Waals surface area contributed by atoms with Crippen molar-refractivity contribution in [3.05, 3.63) is 0 Å². The highest BCUT2D eigenvalue weighted by Gasteiger charge is 2.20. The van der Waals surface area contributed by atoms with Crippen molar-refractivity contribution in [2.75, 3.05) is 39.8 Å². The Labute approximate surface area is 96.6 Å². The maximum absolute atomic E-state index is 11.0. The van der Waals surface area contributed by atoms with E-state index >= 15 is 0 Å². The Kier molecular flexibility index (Phi) is 5.23. The molecule has 0 bridgehead atoms. The lowest BCUT2D eigenvalue weighted by atomic mass is 10.2. The zero-order valence-corrected chi connectivity index (χ0v) is 9.98. The maximum atomic E-state index is 11.0. The molecule has 0 amide bonds. The van der Waals surface area contributed by atoms with Gasteiger partial charge in [0.2, 0.25) is 0 Å². The third-order valence-electron chi connectivity index (χ3n) is 3.00. The number of nitrogens with zero attached hydrogens (tertiary/aromatic N) is 3. The molecule has 1 aliphatic heterocycles. The minimum Gasteiger partial charge on any atom is -0.469 e. The van der Waals surface area contributed by atoms with Crippen molar-refractivity contribution in [2.45, 2.75) is 19.4 Å². The highest BCUT2D eigenvalue weighted by atomic mass is 16.5. The van der Waals surface area contributed by atoms with Gasteiger partial charge in [-0.15, -0.1) is 0 Å². The monoisotopic (exact) mass is 225 g/mol. The molecule has 0 aromatic rings. The van der Waals surface area contributed by atoms with E-state index in [0.717, 1.165) is 32.7 Å². The van der Waals surface area contributed by atoms with Crippen molar-refractivity contribution >= 4 is 5.97 Å². The molecule has 0 aromatic carbocycles. The van der Waals surface area contributed by atoms with Crippen molar-refractivity contribution in [3.63, 3.8) is 0 Å². The van der Waals surface area contributed by atoms with E-state index in [2.05, 4.69) is 20.6 Å². The van der Waals surface area contributed by atoms with Gasteiger partial charge in [-0.25, -0.2) is 0 Å². The third-order valence-corrected chi connectivity index (χ3v) is 3.00. The summed E-state index contributed by atoms with van der Waals surface area (Å²) in [5.74, 6) is -0.159. The maximum Gasteiger partial charge on any atom is 0.306 e. The van der Waals surface area contributed by atoms with E-state index in [1.165, 1.54) is 7.11 Å². The third kappa shape index (κ3) is 3.80. The van der Waals surface area contributed by atoms with Crippen molar-refractivity contribution in [1.29, 1.82) is 5.26 Å². The predicted molar refractivity (Wildman–Crippen MR) is 59.7 cm³/mol. The van der Waals surface area contributed by atoms with Gasteiger partial charge in [0, 0.05) is 32.7 Å². The summed E-state index contributed by atoms with van der Waals surface area (Å²) in [6.45, 7) is 6.31. The molecular formula is C11H19N3O2. The molecule has 5 nitrogen and oxygen atoms in total. The fraction of sp³-hybridized carbons (Fsp3) is 0.818. The van der Waals surface area contributed by atoms with Gasteiger partial charge >= 0.3 is 5.97 Å². The van der Waals surface area contributed by atoms with Gasteiger partial charge in [0.25, 0.3) is 0 Å². The number of rotatable bonds is 4. The number of methoxy groups -OCH3 is 1. The molecule has 1 heterocycles. The number of hydrogen-bond donors (Lipinski definition) is 0. The Balaban J connectivity index is 2.22. The summed E-state index contributed by atoms with van der Waals surface area (Å²) in [4.78, 5) is 15.4. The summed E-state index contributed by atoms with van der Waals surface area (Å²) < 4.78 is 4.60. The number of carbonyl (C=O) groups is 1. The summed E-state index contributed by atoms with van der Waals surface area (Å²) in [5, 5.41) is 8.79. The van der Waals surface area contributed by atoms with Crippen LogP contribution >= 0.6 is 0 Å². The van der Waals surface area contributed by atoms with Crippen LogP contribution in [0.15, 0.2) is 0 Å². The van der Waals surface area contributed by atoms with E-state index in [9.17, 15) is 4.79 Å². The SMILES string of the molecule is COC(=O)CCN1CCN(C(C)C#N)CC1. The quantitative estimate of drug-likeness (QED) is 0.634. The molecule has 1 aliphatic rings. The van der Waals surface area contributed by atoms with Crippen LogP contribution in [0.25, 0.3) is 0 Å². The van der Waals surface area contributed by atoms with Crippen LogP contribution in [0, 0.1) is 11.3 Å². The van der Waals surface area contributed by atoms with Crippen LogP contribution in [0.4, 0.5) is 0 Å². The largest absolute Gasteiger partial charge is 0.469 e. The Morgan fingerprint density at radius 2 is 2.06 bits per heavy atom. The second-order valence-corrected chi connectivity index (χ2v) is 4.01. The topological polar surface area (TPSA) is 56.6 Å². The average Bonchev–Trinajstić information content (AvgIpc) is 2.35. The standard InChI is InChI=1S/C11H19N3O2/c1-10(9-12)14-7-5-13(6-8-14)4-3-11(15)16-2/h10H,3-8H2,1-2H3. The van der Waals surface area contributed by atoms with Crippen LogP contribution in [-0.4, -0.2) is 61.6 Å². The second kappa shape index (κ2) is 6.46. The van der Waals surface area contributed by atoms with Crippen molar-refractivity contribution in [3.8, 4) is 6.07 Å². The van der Waals surface area contributed by atoms with E-state index in [-0.39, 0.29) is 12.0 Å². The van der Waals surface area contributed by atoms with Gasteiger partial charge in [0.05, 0.1) is 25.6 Å². The number of hydrogen-bond acceptors (Lipinski definition) is 5. The Hall–Kier alpha value is -1.12. The molecule has 1 rings (SSSR count). The van der Waals surface area contributed by atoms with Gasteiger partial charge < -0.3 is 9.64 Å². The average molecular weight is 225 g/mol. The smallest absolute Gasteiger partial charge is 0.306 e. The molecule has 90 valence electrons. The number of ether oxygens (including phenoxy) is 1. The number of piperazine rings is 1. The summed E-state index contributed by atoms with van der Waals surface area (Å²) in [6, 6.07) is 2.23. The highest BCUT2D eigenvalue weighted by molar-refractivity contribution is 5.69. The molecule has 0 aliphatic carbocycles. The number of carbonyl (C=O) groups excluding carboxylic acids is 1.